The Balaban J connectivity index is 1.68. The summed E-state index contributed by atoms with van der Waals surface area (Å²) in [6, 6.07) is 17.9. The molecule has 0 aliphatic heterocycles. The molecule has 116 valence electrons. The van der Waals surface area contributed by atoms with Crippen LogP contribution in [0.1, 0.15) is 11.1 Å². The minimum Gasteiger partial charge on any atom is -0.366 e. The molecule has 2 N–H and O–H groups in total. The summed E-state index contributed by atoms with van der Waals surface area (Å²) in [5.41, 5.74) is 3.14. The standard InChI is InChI=1S/C18H17ClN4/c1-13-7-8-15(9-16(13)19)23-18-10-17(21-12-22-18)20-11-14-5-3-2-4-6-14/h2-10,12H,11H2,1H3,(H2,20,21,22,23). The molecule has 0 aliphatic carbocycles. The highest BCUT2D eigenvalue weighted by atomic mass is 35.5. The van der Waals surface area contributed by atoms with E-state index in [1.807, 2.05) is 49.4 Å². The Kier molecular flexibility index (Phi) is 4.74. The highest BCUT2D eigenvalue weighted by molar-refractivity contribution is 6.31. The number of nitrogens with zero attached hydrogens (tertiary/aromatic N) is 2. The minimum absolute atomic E-state index is 0.716. The lowest BCUT2D eigenvalue weighted by atomic mass is 10.2. The van der Waals surface area contributed by atoms with Crippen molar-refractivity contribution in [3.63, 3.8) is 0 Å². The molecule has 3 rings (SSSR count). The zero-order chi connectivity index (χ0) is 16.1. The summed E-state index contributed by atoms with van der Waals surface area (Å²) in [6.07, 6.45) is 1.53. The Labute approximate surface area is 140 Å². The van der Waals surface area contributed by atoms with Crippen molar-refractivity contribution in [2.24, 2.45) is 0 Å². The number of benzene rings is 2. The monoisotopic (exact) mass is 324 g/mol. The molecule has 0 atom stereocenters. The predicted molar refractivity (Wildman–Crippen MR) is 95.3 cm³/mol. The lowest BCUT2D eigenvalue weighted by molar-refractivity contribution is 1.08. The van der Waals surface area contributed by atoms with E-state index in [4.69, 9.17) is 11.6 Å². The van der Waals surface area contributed by atoms with Crippen molar-refractivity contribution in [3.05, 3.63) is 77.1 Å². The number of hydrogen-bond acceptors (Lipinski definition) is 4. The fourth-order valence-corrected chi connectivity index (χ4v) is 2.31. The molecular weight excluding hydrogens is 308 g/mol. The molecule has 1 heterocycles. The van der Waals surface area contributed by atoms with Gasteiger partial charge in [-0.15, -0.1) is 0 Å². The summed E-state index contributed by atoms with van der Waals surface area (Å²) < 4.78 is 0. The van der Waals surface area contributed by atoms with E-state index in [1.165, 1.54) is 11.9 Å². The molecule has 0 unspecified atom stereocenters. The number of anilines is 3. The number of halogens is 1. The molecule has 23 heavy (non-hydrogen) atoms. The van der Waals surface area contributed by atoms with Crippen molar-refractivity contribution in [3.8, 4) is 0 Å². The highest BCUT2D eigenvalue weighted by Gasteiger charge is 2.02. The summed E-state index contributed by atoms with van der Waals surface area (Å²) >= 11 is 6.14. The fraction of sp³-hybridized carbons (Fsp3) is 0.111. The smallest absolute Gasteiger partial charge is 0.135 e. The van der Waals surface area contributed by atoms with Crippen molar-refractivity contribution in [1.29, 1.82) is 0 Å². The number of nitrogens with one attached hydrogen (secondary N) is 2. The van der Waals surface area contributed by atoms with Gasteiger partial charge in [0, 0.05) is 23.3 Å². The largest absolute Gasteiger partial charge is 0.366 e. The lowest BCUT2D eigenvalue weighted by Crippen LogP contribution is -2.03. The first-order valence-corrected chi connectivity index (χ1v) is 7.71. The van der Waals surface area contributed by atoms with E-state index < -0.39 is 0 Å². The first kappa shape index (κ1) is 15.3. The second-order valence-electron chi connectivity index (χ2n) is 5.22. The van der Waals surface area contributed by atoms with Crippen LogP contribution in [0.4, 0.5) is 17.3 Å². The van der Waals surface area contributed by atoms with Crippen LogP contribution in [0.25, 0.3) is 0 Å². The first-order chi connectivity index (χ1) is 11.2. The van der Waals surface area contributed by atoms with Crippen molar-refractivity contribution < 1.29 is 0 Å². The molecule has 4 nitrogen and oxygen atoms in total. The van der Waals surface area contributed by atoms with Gasteiger partial charge in [-0.05, 0) is 30.2 Å². The number of hydrogen-bond donors (Lipinski definition) is 2. The average molecular weight is 325 g/mol. The van der Waals surface area contributed by atoms with Crippen molar-refractivity contribution in [2.45, 2.75) is 13.5 Å². The summed E-state index contributed by atoms with van der Waals surface area (Å²) in [4.78, 5) is 8.48. The zero-order valence-corrected chi connectivity index (χ0v) is 13.5. The summed E-state index contributed by atoms with van der Waals surface area (Å²) in [6.45, 7) is 2.69. The summed E-state index contributed by atoms with van der Waals surface area (Å²) in [5.74, 6) is 1.49. The third-order valence-electron chi connectivity index (χ3n) is 3.43. The number of aromatic nitrogens is 2. The second-order valence-corrected chi connectivity index (χ2v) is 5.62. The summed E-state index contributed by atoms with van der Waals surface area (Å²) in [5, 5.41) is 7.25. The Morgan fingerprint density at radius 1 is 0.957 bits per heavy atom. The van der Waals surface area contributed by atoms with Gasteiger partial charge >= 0.3 is 0 Å². The van der Waals surface area contributed by atoms with Gasteiger partial charge in [-0.2, -0.15) is 0 Å². The number of aryl methyl sites for hydroxylation is 1. The van der Waals surface area contributed by atoms with Crippen molar-refractivity contribution in [2.75, 3.05) is 10.6 Å². The van der Waals surface area contributed by atoms with Gasteiger partial charge in [-0.25, -0.2) is 9.97 Å². The molecule has 1 aromatic heterocycles. The van der Waals surface area contributed by atoms with E-state index >= 15 is 0 Å². The molecule has 0 bridgehead atoms. The van der Waals surface area contributed by atoms with Crippen LogP contribution in [-0.4, -0.2) is 9.97 Å². The van der Waals surface area contributed by atoms with Gasteiger partial charge in [0.15, 0.2) is 0 Å². The van der Waals surface area contributed by atoms with Crippen molar-refractivity contribution in [1.82, 2.24) is 9.97 Å². The molecule has 0 fully saturated rings. The van der Waals surface area contributed by atoms with Gasteiger partial charge < -0.3 is 10.6 Å². The highest BCUT2D eigenvalue weighted by Crippen LogP contribution is 2.23. The van der Waals surface area contributed by atoms with Gasteiger partial charge in [-0.3, -0.25) is 0 Å². The van der Waals surface area contributed by atoms with Crippen LogP contribution in [0.5, 0.6) is 0 Å². The Bertz CT molecular complexity index is 790. The van der Waals surface area contributed by atoms with Crippen LogP contribution in [0.2, 0.25) is 5.02 Å². The van der Waals surface area contributed by atoms with Gasteiger partial charge in [0.25, 0.3) is 0 Å². The molecule has 0 saturated heterocycles. The fourth-order valence-electron chi connectivity index (χ4n) is 2.13. The van der Waals surface area contributed by atoms with Gasteiger partial charge in [0.2, 0.25) is 0 Å². The molecule has 0 amide bonds. The van der Waals surface area contributed by atoms with Crippen LogP contribution in [-0.2, 0) is 6.54 Å². The average Bonchev–Trinajstić information content (AvgIpc) is 2.58. The molecule has 3 aromatic rings. The van der Waals surface area contributed by atoms with Gasteiger partial charge in [0.1, 0.15) is 18.0 Å². The molecule has 5 heteroatoms. The SMILES string of the molecule is Cc1ccc(Nc2cc(NCc3ccccc3)ncn2)cc1Cl. The van der Waals surface area contributed by atoms with Crippen LogP contribution in [0, 0.1) is 6.92 Å². The van der Waals surface area contributed by atoms with E-state index in [0.717, 1.165) is 27.9 Å². The van der Waals surface area contributed by atoms with E-state index in [-0.39, 0.29) is 0 Å². The van der Waals surface area contributed by atoms with Crippen LogP contribution in [0.15, 0.2) is 60.9 Å². The lowest BCUT2D eigenvalue weighted by Gasteiger charge is -2.09. The Morgan fingerprint density at radius 2 is 1.74 bits per heavy atom. The molecular formula is C18H17ClN4. The molecule has 0 spiro atoms. The Hall–Kier alpha value is -2.59. The third kappa shape index (κ3) is 4.20. The van der Waals surface area contributed by atoms with Crippen LogP contribution < -0.4 is 10.6 Å². The minimum atomic E-state index is 0.716. The predicted octanol–water partition coefficient (Wildman–Crippen LogP) is 4.79. The van der Waals surface area contributed by atoms with Gasteiger partial charge in [0.05, 0.1) is 0 Å². The van der Waals surface area contributed by atoms with Crippen LogP contribution >= 0.6 is 11.6 Å². The van der Waals surface area contributed by atoms with E-state index in [2.05, 4.69) is 32.7 Å². The molecule has 0 aliphatic rings. The third-order valence-corrected chi connectivity index (χ3v) is 3.83. The van der Waals surface area contributed by atoms with Gasteiger partial charge in [-0.1, -0.05) is 48.0 Å². The normalized spacial score (nSPS) is 10.3. The molecule has 0 saturated carbocycles. The quantitative estimate of drug-likeness (QED) is 0.708. The first-order valence-electron chi connectivity index (χ1n) is 7.34. The number of rotatable bonds is 5. The Morgan fingerprint density at radius 3 is 2.52 bits per heavy atom. The maximum Gasteiger partial charge on any atom is 0.135 e. The topological polar surface area (TPSA) is 49.8 Å². The molecule has 2 aromatic carbocycles. The maximum absolute atomic E-state index is 6.14. The van der Waals surface area contributed by atoms with E-state index in [9.17, 15) is 0 Å². The second kappa shape index (κ2) is 7.11. The van der Waals surface area contributed by atoms with E-state index in [0.29, 0.717) is 6.54 Å². The summed E-state index contributed by atoms with van der Waals surface area (Å²) in [7, 11) is 0. The van der Waals surface area contributed by atoms with E-state index in [1.54, 1.807) is 0 Å². The zero-order valence-electron chi connectivity index (χ0n) is 12.8. The van der Waals surface area contributed by atoms with Crippen LogP contribution in [0.3, 0.4) is 0 Å². The molecule has 0 radical (unpaired) electrons. The maximum atomic E-state index is 6.14. The van der Waals surface area contributed by atoms with Crippen molar-refractivity contribution >= 4 is 28.9 Å².